The zero-order valence-corrected chi connectivity index (χ0v) is 10.9. The van der Waals surface area contributed by atoms with Gasteiger partial charge in [0, 0.05) is 11.7 Å². The molecule has 1 saturated carbocycles. The summed E-state index contributed by atoms with van der Waals surface area (Å²) in [6.45, 7) is 5.09. The zero-order valence-electron chi connectivity index (χ0n) is 10.9. The lowest BCUT2D eigenvalue weighted by Crippen LogP contribution is -2.26. The van der Waals surface area contributed by atoms with Gasteiger partial charge in [-0.15, -0.1) is 0 Å². The van der Waals surface area contributed by atoms with Gasteiger partial charge < -0.3 is 10.1 Å². The van der Waals surface area contributed by atoms with E-state index in [-0.39, 0.29) is 0 Å². The highest BCUT2D eigenvalue weighted by molar-refractivity contribution is 5.47. The third kappa shape index (κ3) is 3.65. The minimum Gasteiger partial charge on any atom is -0.494 e. The SMILES string of the molecule is CCOc1ccc(N[C@H]2CCC[C@H](C)C2)cc1. The van der Waals surface area contributed by atoms with Crippen molar-refractivity contribution in [3.05, 3.63) is 24.3 Å². The highest BCUT2D eigenvalue weighted by Crippen LogP contribution is 2.26. The molecule has 0 aromatic heterocycles. The van der Waals surface area contributed by atoms with Gasteiger partial charge in [0.25, 0.3) is 0 Å². The molecule has 0 unspecified atom stereocenters. The van der Waals surface area contributed by atoms with Crippen molar-refractivity contribution in [2.75, 3.05) is 11.9 Å². The summed E-state index contributed by atoms with van der Waals surface area (Å²) in [6, 6.07) is 8.96. The maximum absolute atomic E-state index is 5.44. The van der Waals surface area contributed by atoms with Crippen LogP contribution >= 0.6 is 0 Å². The van der Waals surface area contributed by atoms with E-state index in [0.29, 0.717) is 6.04 Å². The molecule has 0 spiro atoms. The molecule has 0 heterocycles. The van der Waals surface area contributed by atoms with Crippen LogP contribution in [0.3, 0.4) is 0 Å². The largest absolute Gasteiger partial charge is 0.494 e. The maximum Gasteiger partial charge on any atom is 0.119 e. The summed E-state index contributed by atoms with van der Waals surface area (Å²) in [6.07, 6.45) is 5.35. The third-order valence-corrected chi connectivity index (χ3v) is 3.47. The van der Waals surface area contributed by atoms with E-state index < -0.39 is 0 Å². The van der Waals surface area contributed by atoms with Gasteiger partial charge in [0.15, 0.2) is 0 Å². The van der Waals surface area contributed by atoms with Crippen molar-refractivity contribution in [2.24, 2.45) is 5.92 Å². The minimum absolute atomic E-state index is 0.650. The molecule has 0 saturated heterocycles. The Kier molecular flexibility index (Phi) is 4.29. The lowest BCUT2D eigenvalue weighted by Gasteiger charge is -2.28. The molecule has 1 aromatic carbocycles. The van der Waals surface area contributed by atoms with Crippen LogP contribution in [0.2, 0.25) is 0 Å². The number of ether oxygens (including phenoxy) is 1. The summed E-state index contributed by atoms with van der Waals surface area (Å²) < 4.78 is 5.44. The molecule has 94 valence electrons. The number of anilines is 1. The summed E-state index contributed by atoms with van der Waals surface area (Å²) in [4.78, 5) is 0. The quantitative estimate of drug-likeness (QED) is 0.846. The first-order chi connectivity index (χ1) is 8.28. The number of hydrogen-bond acceptors (Lipinski definition) is 2. The van der Waals surface area contributed by atoms with E-state index in [1.807, 2.05) is 19.1 Å². The minimum atomic E-state index is 0.650. The molecule has 0 amide bonds. The molecule has 2 nitrogen and oxygen atoms in total. The second kappa shape index (κ2) is 5.95. The van der Waals surface area contributed by atoms with Gasteiger partial charge in [-0.3, -0.25) is 0 Å². The summed E-state index contributed by atoms with van der Waals surface area (Å²) in [5.74, 6) is 1.82. The van der Waals surface area contributed by atoms with Crippen molar-refractivity contribution in [3.63, 3.8) is 0 Å². The lowest BCUT2D eigenvalue weighted by atomic mass is 9.87. The summed E-state index contributed by atoms with van der Waals surface area (Å²) in [5, 5.41) is 3.63. The van der Waals surface area contributed by atoms with Crippen LogP contribution in [0, 0.1) is 5.92 Å². The monoisotopic (exact) mass is 233 g/mol. The Labute approximate surface area is 104 Å². The van der Waals surface area contributed by atoms with E-state index in [1.54, 1.807) is 0 Å². The van der Waals surface area contributed by atoms with Crippen LogP contribution in [0.25, 0.3) is 0 Å². The molecule has 1 aliphatic rings. The zero-order chi connectivity index (χ0) is 12.1. The molecular weight excluding hydrogens is 210 g/mol. The van der Waals surface area contributed by atoms with E-state index in [1.165, 1.54) is 31.4 Å². The first kappa shape index (κ1) is 12.3. The van der Waals surface area contributed by atoms with E-state index in [9.17, 15) is 0 Å². The van der Waals surface area contributed by atoms with Crippen molar-refractivity contribution in [1.29, 1.82) is 0 Å². The van der Waals surface area contributed by atoms with Crippen molar-refractivity contribution in [3.8, 4) is 5.75 Å². The van der Waals surface area contributed by atoms with Crippen LogP contribution in [-0.4, -0.2) is 12.6 Å². The Morgan fingerprint density at radius 1 is 1.24 bits per heavy atom. The van der Waals surface area contributed by atoms with Gasteiger partial charge in [-0.05, 0) is 49.9 Å². The molecular formula is C15H23NO. The molecule has 1 N–H and O–H groups in total. The van der Waals surface area contributed by atoms with Gasteiger partial charge in [-0.1, -0.05) is 19.8 Å². The predicted octanol–water partition coefficient (Wildman–Crippen LogP) is 4.08. The molecule has 1 fully saturated rings. The first-order valence-corrected chi connectivity index (χ1v) is 6.77. The van der Waals surface area contributed by atoms with Gasteiger partial charge in [-0.2, -0.15) is 0 Å². The second-order valence-electron chi connectivity index (χ2n) is 5.07. The molecule has 2 atom stereocenters. The molecule has 1 aromatic rings. The third-order valence-electron chi connectivity index (χ3n) is 3.47. The number of benzene rings is 1. The first-order valence-electron chi connectivity index (χ1n) is 6.77. The van der Waals surface area contributed by atoms with E-state index in [0.717, 1.165) is 18.3 Å². The fourth-order valence-electron chi connectivity index (χ4n) is 2.61. The summed E-state index contributed by atoms with van der Waals surface area (Å²) >= 11 is 0. The van der Waals surface area contributed by atoms with Gasteiger partial charge in [0.05, 0.1) is 6.61 Å². The normalized spacial score (nSPS) is 24.4. The smallest absolute Gasteiger partial charge is 0.119 e. The van der Waals surface area contributed by atoms with E-state index in [2.05, 4.69) is 24.4 Å². The Morgan fingerprint density at radius 2 is 2.00 bits per heavy atom. The highest BCUT2D eigenvalue weighted by atomic mass is 16.5. The fraction of sp³-hybridized carbons (Fsp3) is 0.600. The topological polar surface area (TPSA) is 21.3 Å². The van der Waals surface area contributed by atoms with Crippen molar-refractivity contribution < 1.29 is 4.74 Å². The van der Waals surface area contributed by atoms with Crippen LogP contribution in [0.5, 0.6) is 5.75 Å². The number of nitrogens with one attached hydrogen (secondary N) is 1. The maximum atomic E-state index is 5.44. The van der Waals surface area contributed by atoms with Gasteiger partial charge in [0.1, 0.15) is 5.75 Å². The van der Waals surface area contributed by atoms with Crippen LogP contribution in [0.4, 0.5) is 5.69 Å². The summed E-state index contributed by atoms with van der Waals surface area (Å²) in [7, 11) is 0. The van der Waals surface area contributed by atoms with Crippen LogP contribution in [0.15, 0.2) is 24.3 Å². The molecule has 2 heteroatoms. The second-order valence-corrected chi connectivity index (χ2v) is 5.07. The van der Waals surface area contributed by atoms with Crippen LogP contribution in [-0.2, 0) is 0 Å². The Hall–Kier alpha value is -1.18. The number of rotatable bonds is 4. The van der Waals surface area contributed by atoms with Crippen molar-refractivity contribution in [1.82, 2.24) is 0 Å². The molecule has 1 aliphatic carbocycles. The standard InChI is InChI=1S/C15H23NO/c1-3-17-15-9-7-13(8-10-15)16-14-6-4-5-12(2)11-14/h7-10,12,14,16H,3-6,11H2,1-2H3/t12-,14-/m0/s1. The average Bonchev–Trinajstić information content (AvgIpc) is 2.32. The molecule has 17 heavy (non-hydrogen) atoms. The lowest BCUT2D eigenvalue weighted by molar-refractivity contribution is 0.340. The molecule has 0 bridgehead atoms. The van der Waals surface area contributed by atoms with Crippen LogP contribution in [0.1, 0.15) is 39.5 Å². The highest BCUT2D eigenvalue weighted by Gasteiger charge is 2.18. The van der Waals surface area contributed by atoms with Crippen molar-refractivity contribution in [2.45, 2.75) is 45.6 Å². The van der Waals surface area contributed by atoms with Gasteiger partial charge in [0.2, 0.25) is 0 Å². The predicted molar refractivity (Wildman–Crippen MR) is 72.7 cm³/mol. The Morgan fingerprint density at radius 3 is 2.65 bits per heavy atom. The molecule has 0 aliphatic heterocycles. The molecule has 0 radical (unpaired) electrons. The Bertz CT molecular complexity index is 333. The number of hydrogen-bond donors (Lipinski definition) is 1. The Balaban J connectivity index is 1.89. The summed E-state index contributed by atoms with van der Waals surface area (Å²) in [5.41, 5.74) is 1.22. The average molecular weight is 233 g/mol. The van der Waals surface area contributed by atoms with Crippen LogP contribution < -0.4 is 10.1 Å². The van der Waals surface area contributed by atoms with Crippen molar-refractivity contribution >= 4 is 5.69 Å². The van der Waals surface area contributed by atoms with Gasteiger partial charge in [-0.25, -0.2) is 0 Å². The van der Waals surface area contributed by atoms with E-state index in [4.69, 9.17) is 4.74 Å². The van der Waals surface area contributed by atoms with E-state index >= 15 is 0 Å². The van der Waals surface area contributed by atoms with Gasteiger partial charge >= 0.3 is 0 Å². The molecule has 2 rings (SSSR count). The fourth-order valence-corrected chi connectivity index (χ4v) is 2.61.